The normalized spacial score (nSPS) is 11.8. The highest BCUT2D eigenvalue weighted by Gasteiger charge is 2.21. The Morgan fingerprint density at radius 3 is 2.70 bits per heavy atom. The van der Waals surface area contributed by atoms with Crippen LogP contribution in [0.2, 0.25) is 10.0 Å². The fourth-order valence-corrected chi connectivity index (χ4v) is 3.53. The number of halogens is 2. The van der Waals surface area contributed by atoms with Crippen LogP contribution in [-0.2, 0) is 23.1 Å². The van der Waals surface area contributed by atoms with Crippen molar-refractivity contribution in [1.29, 1.82) is 0 Å². The van der Waals surface area contributed by atoms with Gasteiger partial charge < -0.3 is 10.7 Å². The van der Waals surface area contributed by atoms with Gasteiger partial charge in [0.15, 0.2) is 0 Å². The molecular weight excluding hydrogens is 323 g/mol. The Balaban J connectivity index is 2.31. The van der Waals surface area contributed by atoms with Crippen molar-refractivity contribution < 1.29 is 8.42 Å². The maximum Gasteiger partial charge on any atom is 0.242 e. The second kappa shape index (κ2) is 6.11. The highest BCUT2D eigenvalue weighted by atomic mass is 35.5. The number of sulfonamides is 1. The molecule has 1 heterocycles. The van der Waals surface area contributed by atoms with Crippen LogP contribution >= 0.6 is 23.2 Å². The first-order valence-corrected chi connectivity index (χ1v) is 7.84. The Hall–Kier alpha value is -1.12. The van der Waals surface area contributed by atoms with E-state index in [1.165, 1.54) is 18.3 Å². The zero-order chi connectivity index (χ0) is 14.8. The molecule has 0 bridgehead atoms. The van der Waals surface area contributed by atoms with Gasteiger partial charge in [0.2, 0.25) is 10.0 Å². The molecule has 4 N–H and O–H groups in total. The number of nitrogens with one attached hydrogen (secondary N) is 2. The molecule has 1 aromatic heterocycles. The summed E-state index contributed by atoms with van der Waals surface area (Å²) in [6.07, 6.45) is 3.13. The molecule has 0 atom stereocenters. The summed E-state index contributed by atoms with van der Waals surface area (Å²) in [4.78, 5) is 6.62. The molecule has 0 spiro atoms. The molecule has 0 unspecified atom stereocenters. The highest BCUT2D eigenvalue weighted by Crippen LogP contribution is 2.29. The Morgan fingerprint density at radius 2 is 2.10 bits per heavy atom. The molecule has 0 fully saturated rings. The van der Waals surface area contributed by atoms with Gasteiger partial charge in [0.05, 0.1) is 11.6 Å². The molecule has 0 radical (unpaired) electrons. The van der Waals surface area contributed by atoms with Crippen LogP contribution in [-0.4, -0.2) is 18.4 Å². The van der Waals surface area contributed by atoms with E-state index >= 15 is 0 Å². The van der Waals surface area contributed by atoms with Crippen LogP contribution in [0.4, 0.5) is 0 Å². The number of aromatic nitrogens is 2. The summed E-state index contributed by atoms with van der Waals surface area (Å²) in [5.74, 6) is 0.491. The number of nitrogens with zero attached hydrogens (tertiary/aromatic N) is 1. The van der Waals surface area contributed by atoms with Crippen LogP contribution in [0.25, 0.3) is 0 Å². The summed E-state index contributed by atoms with van der Waals surface area (Å²) in [6.45, 7) is 0.121. The van der Waals surface area contributed by atoms with Crippen molar-refractivity contribution in [2.75, 3.05) is 0 Å². The van der Waals surface area contributed by atoms with Crippen LogP contribution in [0.15, 0.2) is 29.4 Å². The van der Waals surface area contributed by atoms with Crippen molar-refractivity contribution in [3.05, 3.63) is 46.0 Å². The van der Waals surface area contributed by atoms with Crippen LogP contribution < -0.4 is 10.5 Å². The summed E-state index contributed by atoms with van der Waals surface area (Å²) < 4.78 is 26.9. The van der Waals surface area contributed by atoms with Gasteiger partial charge in [-0.25, -0.2) is 18.1 Å². The smallest absolute Gasteiger partial charge is 0.242 e. The van der Waals surface area contributed by atoms with Gasteiger partial charge in [0, 0.05) is 24.0 Å². The second-order valence-electron chi connectivity index (χ2n) is 3.94. The lowest BCUT2D eigenvalue weighted by atomic mass is 10.2. The molecule has 2 aromatic rings. The molecule has 2 rings (SSSR count). The number of benzene rings is 1. The second-order valence-corrected chi connectivity index (χ2v) is 6.49. The maximum absolute atomic E-state index is 12.2. The molecule has 0 aliphatic heterocycles. The molecule has 0 aliphatic carbocycles. The van der Waals surface area contributed by atoms with E-state index in [9.17, 15) is 8.42 Å². The predicted molar refractivity (Wildman–Crippen MR) is 77.0 cm³/mol. The van der Waals surface area contributed by atoms with Gasteiger partial charge in [-0.3, -0.25) is 0 Å². The minimum Gasteiger partial charge on any atom is -0.347 e. The van der Waals surface area contributed by atoms with E-state index in [1.54, 1.807) is 6.20 Å². The van der Waals surface area contributed by atoms with Gasteiger partial charge in [-0.15, -0.1) is 0 Å². The standard InChI is InChI=1S/C11H12Cl2N4O2S/c12-8-3-7(5-14)11(13)9(4-8)20(18,19)17-6-10-15-1-2-16-10/h1-4,17H,5-6,14H2,(H,15,16). The number of hydrogen-bond acceptors (Lipinski definition) is 4. The Labute approximate surface area is 126 Å². The molecule has 6 nitrogen and oxygen atoms in total. The molecule has 9 heteroatoms. The number of nitrogens with two attached hydrogens (primary N) is 1. The fraction of sp³-hybridized carbons (Fsp3) is 0.182. The predicted octanol–water partition coefficient (Wildman–Crippen LogP) is 1.65. The molecule has 0 saturated carbocycles. The van der Waals surface area contributed by atoms with Crippen LogP contribution in [0.5, 0.6) is 0 Å². The van der Waals surface area contributed by atoms with Crippen LogP contribution in [0, 0.1) is 0 Å². The first-order chi connectivity index (χ1) is 9.44. The SMILES string of the molecule is NCc1cc(Cl)cc(S(=O)(=O)NCc2ncc[nH]2)c1Cl. The van der Waals surface area contributed by atoms with E-state index < -0.39 is 10.0 Å². The third kappa shape index (κ3) is 3.31. The Bertz CT molecular complexity index is 701. The number of H-pyrrole nitrogens is 1. The van der Waals surface area contributed by atoms with Gasteiger partial charge >= 0.3 is 0 Å². The lowest BCUT2D eigenvalue weighted by Gasteiger charge is -2.11. The zero-order valence-corrected chi connectivity index (χ0v) is 12.6. The topological polar surface area (TPSA) is 101 Å². The average molecular weight is 335 g/mol. The van der Waals surface area contributed by atoms with E-state index in [2.05, 4.69) is 14.7 Å². The summed E-state index contributed by atoms with van der Waals surface area (Å²) in [6, 6.07) is 2.82. The summed E-state index contributed by atoms with van der Waals surface area (Å²) in [7, 11) is -3.80. The van der Waals surface area contributed by atoms with Gasteiger partial charge in [0.1, 0.15) is 10.7 Å². The van der Waals surface area contributed by atoms with Gasteiger partial charge in [-0.2, -0.15) is 0 Å². The quantitative estimate of drug-likeness (QED) is 0.773. The number of rotatable bonds is 5. The molecule has 0 aliphatic rings. The van der Waals surface area contributed by atoms with Crippen molar-refractivity contribution >= 4 is 33.2 Å². The van der Waals surface area contributed by atoms with Crippen molar-refractivity contribution in [2.45, 2.75) is 18.0 Å². The van der Waals surface area contributed by atoms with Crippen molar-refractivity contribution in [3.8, 4) is 0 Å². The minimum absolute atomic E-state index is 0.0239. The molecule has 1 aromatic carbocycles. The summed E-state index contributed by atoms with van der Waals surface area (Å²) in [5.41, 5.74) is 5.98. The third-order valence-corrected chi connectivity index (χ3v) is 4.78. The lowest BCUT2D eigenvalue weighted by Crippen LogP contribution is -2.24. The zero-order valence-electron chi connectivity index (χ0n) is 10.2. The van der Waals surface area contributed by atoms with Crippen molar-refractivity contribution in [2.24, 2.45) is 5.73 Å². The van der Waals surface area contributed by atoms with Crippen LogP contribution in [0.3, 0.4) is 0 Å². The largest absolute Gasteiger partial charge is 0.347 e. The minimum atomic E-state index is -3.80. The number of imidazole rings is 1. The molecule has 0 saturated heterocycles. The van der Waals surface area contributed by atoms with Crippen molar-refractivity contribution in [1.82, 2.24) is 14.7 Å². The first-order valence-electron chi connectivity index (χ1n) is 5.60. The Morgan fingerprint density at radius 1 is 1.35 bits per heavy atom. The van der Waals surface area contributed by atoms with Gasteiger partial charge in [-0.05, 0) is 17.7 Å². The molecule has 108 valence electrons. The van der Waals surface area contributed by atoms with E-state index in [4.69, 9.17) is 28.9 Å². The summed E-state index contributed by atoms with van der Waals surface area (Å²) in [5, 5.41) is 0.331. The van der Waals surface area contributed by atoms with Crippen LogP contribution in [0.1, 0.15) is 11.4 Å². The van der Waals surface area contributed by atoms with E-state index in [1.807, 2.05) is 0 Å². The monoisotopic (exact) mass is 334 g/mol. The van der Waals surface area contributed by atoms with Gasteiger partial charge in [-0.1, -0.05) is 23.2 Å². The Kier molecular flexibility index (Phi) is 4.66. The third-order valence-electron chi connectivity index (χ3n) is 2.57. The molecule has 20 heavy (non-hydrogen) atoms. The van der Waals surface area contributed by atoms with E-state index in [0.29, 0.717) is 11.4 Å². The van der Waals surface area contributed by atoms with E-state index in [0.717, 1.165) is 0 Å². The average Bonchev–Trinajstić information content (AvgIpc) is 2.92. The number of aromatic amines is 1. The van der Waals surface area contributed by atoms with Gasteiger partial charge in [0.25, 0.3) is 0 Å². The molecular formula is C11H12Cl2N4O2S. The molecule has 0 amide bonds. The highest BCUT2D eigenvalue weighted by molar-refractivity contribution is 7.89. The van der Waals surface area contributed by atoms with E-state index in [-0.39, 0.29) is 28.0 Å². The maximum atomic E-state index is 12.2. The summed E-state index contributed by atoms with van der Waals surface area (Å²) >= 11 is 11.9. The fourth-order valence-electron chi connectivity index (χ4n) is 1.60. The lowest BCUT2D eigenvalue weighted by molar-refractivity contribution is 0.579. The van der Waals surface area contributed by atoms with Crippen molar-refractivity contribution in [3.63, 3.8) is 0 Å². The number of hydrogen-bond donors (Lipinski definition) is 3. The first kappa shape index (κ1) is 15.3.